The molecule has 1 aliphatic carbocycles. The SMILES string of the molecule is CC(C)CC(=O)N(C)c1cnc2[nH]c(-c3n[nH]c4c3CCC(C)(C)C4)nc2c1. The molecule has 2 N–H and O–H groups in total. The number of anilines is 1. The normalized spacial score (nSPS) is 15.8. The molecule has 0 spiro atoms. The number of hydrogen-bond donors (Lipinski definition) is 2. The lowest BCUT2D eigenvalue weighted by atomic mass is 9.76. The first kappa shape index (κ1) is 18.7. The summed E-state index contributed by atoms with van der Waals surface area (Å²) < 4.78 is 0. The molecule has 28 heavy (non-hydrogen) atoms. The van der Waals surface area contributed by atoms with Crippen molar-refractivity contribution in [3.63, 3.8) is 0 Å². The molecule has 0 bridgehead atoms. The zero-order chi connectivity index (χ0) is 20.1. The maximum Gasteiger partial charge on any atom is 0.227 e. The number of amides is 1. The van der Waals surface area contributed by atoms with Gasteiger partial charge in [-0.3, -0.25) is 9.89 Å². The Morgan fingerprint density at radius 1 is 1.36 bits per heavy atom. The number of fused-ring (bicyclic) bond motifs is 2. The molecule has 3 aromatic heterocycles. The number of carbonyl (C=O) groups excluding carboxylic acids is 1. The summed E-state index contributed by atoms with van der Waals surface area (Å²) in [6.45, 7) is 8.66. The second-order valence-corrected chi connectivity index (χ2v) is 9.07. The van der Waals surface area contributed by atoms with Crippen molar-refractivity contribution in [2.45, 2.75) is 53.4 Å². The summed E-state index contributed by atoms with van der Waals surface area (Å²) in [5.74, 6) is 1.13. The van der Waals surface area contributed by atoms with Crippen LogP contribution in [0.2, 0.25) is 0 Å². The Kier molecular flexibility index (Phi) is 4.48. The first-order valence-electron chi connectivity index (χ1n) is 9.92. The Balaban J connectivity index is 1.65. The average Bonchev–Trinajstić information content (AvgIpc) is 3.21. The predicted octanol–water partition coefficient (Wildman–Crippen LogP) is 3.87. The van der Waals surface area contributed by atoms with Crippen LogP contribution in [0.4, 0.5) is 5.69 Å². The van der Waals surface area contributed by atoms with Crippen molar-refractivity contribution in [3.8, 4) is 11.5 Å². The Morgan fingerprint density at radius 2 is 2.14 bits per heavy atom. The lowest BCUT2D eigenvalue weighted by Crippen LogP contribution is -2.27. The van der Waals surface area contributed by atoms with E-state index in [4.69, 9.17) is 4.98 Å². The Labute approximate surface area is 165 Å². The summed E-state index contributed by atoms with van der Waals surface area (Å²) >= 11 is 0. The predicted molar refractivity (Wildman–Crippen MR) is 110 cm³/mol. The molecule has 148 valence electrons. The topological polar surface area (TPSA) is 90.6 Å². The summed E-state index contributed by atoms with van der Waals surface area (Å²) in [7, 11) is 1.78. The fourth-order valence-corrected chi connectivity index (χ4v) is 3.85. The van der Waals surface area contributed by atoms with Crippen LogP contribution in [0.5, 0.6) is 0 Å². The molecule has 0 aromatic carbocycles. The number of hydrogen-bond acceptors (Lipinski definition) is 4. The first-order valence-corrected chi connectivity index (χ1v) is 9.92. The lowest BCUT2D eigenvalue weighted by Gasteiger charge is -2.28. The highest BCUT2D eigenvalue weighted by Crippen LogP contribution is 2.37. The van der Waals surface area contributed by atoms with Gasteiger partial charge in [-0.25, -0.2) is 9.97 Å². The van der Waals surface area contributed by atoms with Crippen molar-refractivity contribution in [2.75, 3.05) is 11.9 Å². The van der Waals surface area contributed by atoms with Crippen molar-refractivity contribution in [3.05, 3.63) is 23.5 Å². The highest BCUT2D eigenvalue weighted by Gasteiger charge is 2.30. The third-order valence-electron chi connectivity index (χ3n) is 5.55. The molecule has 0 aliphatic heterocycles. The number of rotatable bonds is 4. The molecule has 3 heterocycles. The maximum atomic E-state index is 12.4. The molecule has 1 amide bonds. The van der Waals surface area contributed by atoms with Crippen LogP contribution in [0.3, 0.4) is 0 Å². The van der Waals surface area contributed by atoms with E-state index in [2.05, 4.69) is 34.0 Å². The maximum absolute atomic E-state index is 12.4. The van der Waals surface area contributed by atoms with Crippen molar-refractivity contribution >= 4 is 22.8 Å². The first-order chi connectivity index (χ1) is 13.2. The fraction of sp³-hybridized carbons (Fsp3) is 0.524. The lowest BCUT2D eigenvalue weighted by molar-refractivity contribution is -0.119. The van der Waals surface area contributed by atoms with E-state index < -0.39 is 0 Å². The molecule has 0 fully saturated rings. The summed E-state index contributed by atoms with van der Waals surface area (Å²) in [6, 6.07) is 1.91. The van der Waals surface area contributed by atoms with Crippen LogP contribution in [0.1, 0.15) is 51.8 Å². The van der Waals surface area contributed by atoms with Crippen molar-refractivity contribution in [2.24, 2.45) is 11.3 Å². The van der Waals surface area contributed by atoms with E-state index in [0.29, 0.717) is 23.4 Å². The number of carbonyl (C=O) groups is 1. The minimum atomic E-state index is 0.0795. The number of nitrogens with zero attached hydrogens (tertiary/aromatic N) is 4. The van der Waals surface area contributed by atoms with Gasteiger partial charge in [0, 0.05) is 24.7 Å². The van der Waals surface area contributed by atoms with Crippen molar-refractivity contribution in [1.82, 2.24) is 25.1 Å². The Morgan fingerprint density at radius 3 is 2.89 bits per heavy atom. The van der Waals surface area contributed by atoms with Crippen LogP contribution >= 0.6 is 0 Å². The van der Waals surface area contributed by atoms with Gasteiger partial charge in [0.25, 0.3) is 0 Å². The zero-order valence-corrected chi connectivity index (χ0v) is 17.3. The second kappa shape index (κ2) is 6.72. The van der Waals surface area contributed by atoms with E-state index in [1.807, 2.05) is 19.9 Å². The van der Waals surface area contributed by atoms with Gasteiger partial charge in [-0.15, -0.1) is 0 Å². The van der Waals surface area contributed by atoms with Gasteiger partial charge in [0.05, 0.1) is 11.9 Å². The molecule has 3 aromatic rings. The van der Waals surface area contributed by atoms with Gasteiger partial charge in [0.1, 0.15) is 11.2 Å². The van der Waals surface area contributed by atoms with Crippen molar-refractivity contribution < 1.29 is 4.79 Å². The van der Waals surface area contributed by atoms with Gasteiger partial charge in [-0.1, -0.05) is 27.7 Å². The average molecular weight is 380 g/mol. The van der Waals surface area contributed by atoms with Gasteiger partial charge in [0.2, 0.25) is 5.91 Å². The molecule has 0 saturated heterocycles. The van der Waals surface area contributed by atoms with Crippen LogP contribution < -0.4 is 4.90 Å². The van der Waals surface area contributed by atoms with Crippen LogP contribution in [-0.4, -0.2) is 38.1 Å². The van der Waals surface area contributed by atoms with Crippen LogP contribution in [0.15, 0.2) is 12.3 Å². The minimum Gasteiger partial charge on any atom is -0.321 e. The molecule has 7 heteroatoms. The van der Waals surface area contributed by atoms with Gasteiger partial charge < -0.3 is 9.88 Å². The second-order valence-electron chi connectivity index (χ2n) is 9.07. The van der Waals surface area contributed by atoms with Crippen LogP contribution in [0.25, 0.3) is 22.7 Å². The molecule has 0 unspecified atom stereocenters. The van der Waals surface area contributed by atoms with E-state index in [1.165, 1.54) is 11.3 Å². The van der Waals surface area contributed by atoms with E-state index >= 15 is 0 Å². The van der Waals surface area contributed by atoms with Gasteiger partial charge in [-0.2, -0.15) is 5.10 Å². The quantitative estimate of drug-likeness (QED) is 0.719. The number of H-pyrrole nitrogens is 2. The molecule has 0 saturated carbocycles. The van der Waals surface area contributed by atoms with E-state index in [1.54, 1.807) is 18.1 Å². The van der Waals surface area contributed by atoms with E-state index in [0.717, 1.165) is 42.0 Å². The molecular formula is C21H28N6O. The van der Waals surface area contributed by atoms with Gasteiger partial charge in [0.15, 0.2) is 11.5 Å². The smallest absolute Gasteiger partial charge is 0.227 e. The Bertz CT molecular complexity index is 1030. The number of imidazole rings is 1. The Hall–Kier alpha value is -2.70. The third kappa shape index (κ3) is 3.41. The molecule has 0 atom stereocenters. The molecular weight excluding hydrogens is 352 g/mol. The molecule has 7 nitrogen and oxygen atoms in total. The monoisotopic (exact) mass is 380 g/mol. The summed E-state index contributed by atoms with van der Waals surface area (Å²) in [5.41, 5.74) is 5.84. The molecule has 1 aliphatic rings. The number of aromatic nitrogens is 5. The largest absolute Gasteiger partial charge is 0.321 e. The summed E-state index contributed by atoms with van der Waals surface area (Å²) in [4.78, 5) is 26.5. The number of aromatic amines is 2. The number of nitrogens with one attached hydrogen (secondary N) is 2. The van der Waals surface area contributed by atoms with Crippen LogP contribution in [0, 0.1) is 11.3 Å². The van der Waals surface area contributed by atoms with Crippen molar-refractivity contribution in [1.29, 1.82) is 0 Å². The minimum absolute atomic E-state index is 0.0795. The summed E-state index contributed by atoms with van der Waals surface area (Å²) in [6.07, 6.45) is 5.36. The van der Waals surface area contributed by atoms with Crippen LogP contribution in [-0.2, 0) is 17.6 Å². The fourth-order valence-electron chi connectivity index (χ4n) is 3.85. The summed E-state index contributed by atoms with van der Waals surface area (Å²) in [5, 5.41) is 7.74. The third-order valence-corrected chi connectivity index (χ3v) is 5.55. The number of pyridine rings is 1. The highest BCUT2D eigenvalue weighted by atomic mass is 16.2. The van der Waals surface area contributed by atoms with Gasteiger partial charge in [-0.05, 0) is 36.7 Å². The standard InChI is InChI=1S/C21H28N6O/c1-12(2)8-17(28)27(5)13-9-15-19(22-11-13)24-20(23-15)18-14-6-7-21(3,4)10-16(14)25-26-18/h9,11-12H,6-8,10H2,1-5H3,(H,25,26)(H,22,23,24). The van der Waals surface area contributed by atoms with E-state index in [-0.39, 0.29) is 5.91 Å². The van der Waals surface area contributed by atoms with Gasteiger partial charge >= 0.3 is 0 Å². The van der Waals surface area contributed by atoms with E-state index in [9.17, 15) is 4.79 Å². The molecule has 4 rings (SSSR count). The highest BCUT2D eigenvalue weighted by molar-refractivity contribution is 5.94. The zero-order valence-electron chi connectivity index (χ0n) is 17.3. The molecule has 0 radical (unpaired) electrons.